The molecule has 3 aromatic carbocycles. The molecule has 31 heavy (non-hydrogen) atoms. The number of aromatic hydroxyl groups is 1. The van der Waals surface area contributed by atoms with Gasteiger partial charge in [-0.15, -0.1) is 0 Å². The quantitative estimate of drug-likeness (QED) is 0.611. The molecule has 0 unspecified atom stereocenters. The maximum absolute atomic E-state index is 13.9. The first-order valence-corrected chi connectivity index (χ1v) is 9.38. The maximum Gasteiger partial charge on any atom is 0.205 e. The summed E-state index contributed by atoms with van der Waals surface area (Å²) in [5.74, 6) is -0.214. The Hall–Kier alpha value is -4.31. The lowest BCUT2D eigenvalue weighted by atomic mass is 9.83. The van der Waals surface area contributed by atoms with E-state index in [9.17, 15) is 14.8 Å². The number of hydrogen-bond donors (Lipinski definition) is 2. The van der Waals surface area contributed by atoms with E-state index in [0.29, 0.717) is 33.9 Å². The molecular formula is C24H18FN3O3. The van der Waals surface area contributed by atoms with Crippen molar-refractivity contribution in [3.8, 4) is 23.3 Å². The standard InChI is InChI=1S/C24H18FN3O3/c1-30-18-7-5-17(6-8-18)28-13-15-10-19-22(11-21(15)29)31-24(27)20(12-26)23(19)14-3-2-4-16(25)9-14/h2-11,13,23,29H,27H2,1H3/t23-/m1/s1. The van der Waals surface area contributed by atoms with Crippen molar-refractivity contribution < 1.29 is 19.0 Å². The Balaban J connectivity index is 1.79. The first-order chi connectivity index (χ1) is 15.0. The van der Waals surface area contributed by atoms with Crippen LogP contribution in [-0.4, -0.2) is 18.4 Å². The largest absolute Gasteiger partial charge is 0.507 e. The first kappa shape index (κ1) is 20.0. The second-order valence-corrected chi connectivity index (χ2v) is 6.88. The summed E-state index contributed by atoms with van der Waals surface area (Å²) < 4.78 is 24.6. The number of nitrogens with zero attached hydrogens (tertiary/aromatic N) is 2. The average Bonchev–Trinajstić information content (AvgIpc) is 2.77. The third-order valence-electron chi connectivity index (χ3n) is 4.97. The molecule has 0 fully saturated rings. The summed E-state index contributed by atoms with van der Waals surface area (Å²) in [7, 11) is 1.58. The van der Waals surface area contributed by atoms with E-state index in [1.54, 1.807) is 49.6 Å². The number of rotatable bonds is 4. The summed E-state index contributed by atoms with van der Waals surface area (Å²) in [6.45, 7) is 0. The molecule has 1 aliphatic heterocycles. The number of phenolic OH excluding ortho intramolecular Hbond substituents is 1. The number of hydrogen-bond acceptors (Lipinski definition) is 6. The summed E-state index contributed by atoms with van der Waals surface area (Å²) in [6.07, 6.45) is 1.51. The lowest BCUT2D eigenvalue weighted by Crippen LogP contribution is -2.21. The molecule has 0 saturated carbocycles. The van der Waals surface area contributed by atoms with Crippen molar-refractivity contribution in [2.45, 2.75) is 5.92 Å². The van der Waals surface area contributed by atoms with Gasteiger partial charge < -0.3 is 20.3 Å². The molecular weight excluding hydrogens is 397 g/mol. The molecule has 0 bridgehead atoms. The van der Waals surface area contributed by atoms with Crippen molar-refractivity contribution in [2.24, 2.45) is 10.7 Å². The topological polar surface area (TPSA) is 101 Å². The zero-order valence-electron chi connectivity index (χ0n) is 16.5. The van der Waals surface area contributed by atoms with Crippen LogP contribution >= 0.6 is 0 Å². The summed E-state index contributed by atoms with van der Waals surface area (Å²) in [4.78, 5) is 4.38. The van der Waals surface area contributed by atoms with Gasteiger partial charge in [-0.05, 0) is 48.0 Å². The number of allylic oxidation sites excluding steroid dienone is 1. The van der Waals surface area contributed by atoms with Crippen LogP contribution in [0.2, 0.25) is 0 Å². The van der Waals surface area contributed by atoms with Crippen molar-refractivity contribution >= 4 is 11.9 Å². The minimum atomic E-state index is -0.641. The molecule has 1 heterocycles. The van der Waals surface area contributed by atoms with Gasteiger partial charge in [-0.25, -0.2) is 4.39 Å². The molecule has 0 saturated heterocycles. The van der Waals surface area contributed by atoms with Gasteiger partial charge in [-0.1, -0.05) is 12.1 Å². The van der Waals surface area contributed by atoms with Gasteiger partial charge in [0.15, 0.2) is 0 Å². The number of phenols is 1. The minimum Gasteiger partial charge on any atom is -0.507 e. The summed E-state index contributed by atoms with van der Waals surface area (Å²) >= 11 is 0. The molecule has 3 aromatic rings. The number of halogens is 1. The van der Waals surface area contributed by atoms with E-state index >= 15 is 0 Å². The third kappa shape index (κ3) is 3.91. The average molecular weight is 415 g/mol. The highest BCUT2D eigenvalue weighted by atomic mass is 19.1. The number of fused-ring (bicyclic) bond motifs is 1. The van der Waals surface area contributed by atoms with Gasteiger partial charge in [-0.3, -0.25) is 4.99 Å². The maximum atomic E-state index is 13.9. The number of benzene rings is 3. The van der Waals surface area contributed by atoms with Crippen LogP contribution in [0.5, 0.6) is 17.2 Å². The number of ether oxygens (including phenoxy) is 2. The summed E-state index contributed by atoms with van der Waals surface area (Å²) in [5, 5.41) is 20.1. The van der Waals surface area contributed by atoms with Crippen molar-refractivity contribution in [1.82, 2.24) is 0 Å². The number of nitrogens with two attached hydrogens (primary N) is 1. The molecule has 0 spiro atoms. The molecule has 4 rings (SSSR count). The fourth-order valence-electron chi connectivity index (χ4n) is 3.46. The van der Waals surface area contributed by atoms with E-state index in [4.69, 9.17) is 15.2 Å². The van der Waals surface area contributed by atoms with Crippen LogP contribution < -0.4 is 15.2 Å². The minimum absolute atomic E-state index is 0.0674. The molecule has 0 aromatic heterocycles. The predicted molar refractivity (Wildman–Crippen MR) is 114 cm³/mol. The van der Waals surface area contributed by atoms with Crippen LogP contribution in [0.25, 0.3) is 0 Å². The van der Waals surface area contributed by atoms with E-state index in [1.165, 1.54) is 24.4 Å². The number of aliphatic imine (C=N–C) groups is 1. The van der Waals surface area contributed by atoms with E-state index in [-0.39, 0.29) is 17.2 Å². The normalized spacial score (nSPS) is 15.3. The van der Waals surface area contributed by atoms with Crippen LogP contribution in [0.1, 0.15) is 22.6 Å². The van der Waals surface area contributed by atoms with Crippen molar-refractivity contribution in [3.05, 3.63) is 94.6 Å². The molecule has 0 aliphatic carbocycles. The second-order valence-electron chi connectivity index (χ2n) is 6.88. The lowest BCUT2D eigenvalue weighted by Gasteiger charge is -2.27. The Kier molecular flexibility index (Phi) is 5.29. The molecule has 3 N–H and O–H groups in total. The Morgan fingerprint density at radius 2 is 1.97 bits per heavy atom. The SMILES string of the molecule is COc1ccc(N=Cc2cc3c(cc2O)OC(N)=C(C#N)[C@@H]3c2cccc(F)c2)cc1. The third-order valence-corrected chi connectivity index (χ3v) is 4.97. The van der Waals surface area contributed by atoms with Gasteiger partial charge in [0.2, 0.25) is 5.88 Å². The van der Waals surface area contributed by atoms with Crippen LogP contribution in [0.3, 0.4) is 0 Å². The Morgan fingerprint density at radius 1 is 1.19 bits per heavy atom. The van der Waals surface area contributed by atoms with E-state index in [2.05, 4.69) is 11.1 Å². The van der Waals surface area contributed by atoms with Crippen LogP contribution in [0.4, 0.5) is 10.1 Å². The Morgan fingerprint density at radius 3 is 2.65 bits per heavy atom. The van der Waals surface area contributed by atoms with E-state index in [0.717, 1.165) is 0 Å². The van der Waals surface area contributed by atoms with Crippen LogP contribution in [0.15, 0.2) is 77.1 Å². The lowest BCUT2D eigenvalue weighted by molar-refractivity contribution is 0.388. The van der Waals surface area contributed by atoms with Gasteiger partial charge >= 0.3 is 0 Å². The fraction of sp³-hybridized carbons (Fsp3) is 0.0833. The van der Waals surface area contributed by atoms with Crippen LogP contribution in [0, 0.1) is 17.1 Å². The highest BCUT2D eigenvalue weighted by Crippen LogP contribution is 2.44. The van der Waals surface area contributed by atoms with Crippen molar-refractivity contribution in [3.63, 3.8) is 0 Å². The van der Waals surface area contributed by atoms with E-state index in [1.807, 2.05) is 0 Å². The van der Waals surface area contributed by atoms with Crippen LogP contribution in [-0.2, 0) is 0 Å². The molecule has 0 radical (unpaired) electrons. The molecule has 6 nitrogen and oxygen atoms in total. The predicted octanol–water partition coefficient (Wildman–Crippen LogP) is 4.51. The van der Waals surface area contributed by atoms with E-state index < -0.39 is 11.7 Å². The Labute approximate surface area is 178 Å². The summed E-state index contributed by atoms with van der Waals surface area (Å²) in [6, 6.07) is 18.2. The smallest absolute Gasteiger partial charge is 0.205 e. The highest BCUT2D eigenvalue weighted by molar-refractivity contribution is 5.86. The number of nitriles is 1. The fourth-order valence-corrected chi connectivity index (χ4v) is 3.46. The Bertz CT molecular complexity index is 1240. The van der Waals surface area contributed by atoms with Gasteiger partial charge in [0.05, 0.1) is 18.7 Å². The van der Waals surface area contributed by atoms with Crippen molar-refractivity contribution in [2.75, 3.05) is 7.11 Å². The van der Waals surface area contributed by atoms with Gasteiger partial charge in [0, 0.05) is 23.4 Å². The zero-order chi connectivity index (χ0) is 22.0. The summed E-state index contributed by atoms with van der Waals surface area (Å²) in [5.41, 5.74) is 8.31. The van der Waals surface area contributed by atoms with Gasteiger partial charge in [-0.2, -0.15) is 5.26 Å². The first-order valence-electron chi connectivity index (χ1n) is 9.38. The zero-order valence-corrected chi connectivity index (χ0v) is 16.5. The van der Waals surface area contributed by atoms with Gasteiger partial charge in [0.1, 0.15) is 34.7 Å². The molecule has 154 valence electrons. The molecule has 7 heteroatoms. The highest BCUT2D eigenvalue weighted by Gasteiger charge is 2.31. The molecule has 1 aliphatic rings. The molecule has 0 amide bonds. The number of methoxy groups -OCH3 is 1. The second kappa shape index (κ2) is 8.20. The monoisotopic (exact) mass is 415 g/mol. The van der Waals surface area contributed by atoms with Gasteiger partial charge in [0.25, 0.3) is 0 Å². The molecule has 1 atom stereocenters. The van der Waals surface area contributed by atoms with Crippen molar-refractivity contribution in [1.29, 1.82) is 5.26 Å².